The van der Waals surface area contributed by atoms with E-state index in [0.717, 1.165) is 11.1 Å². The van der Waals surface area contributed by atoms with Crippen molar-refractivity contribution in [3.8, 4) is 11.3 Å². The van der Waals surface area contributed by atoms with Crippen LogP contribution in [0.1, 0.15) is 31.7 Å². The molecule has 128 valence electrons. The van der Waals surface area contributed by atoms with Crippen LogP contribution in [0, 0.1) is 0 Å². The normalized spacial score (nSPS) is 11.3. The molecule has 0 spiro atoms. The van der Waals surface area contributed by atoms with Gasteiger partial charge in [-0.1, -0.05) is 74.5 Å². The lowest BCUT2D eigenvalue weighted by Gasteiger charge is -2.24. The van der Waals surface area contributed by atoms with Crippen LogP contribution in [0.15, 0.2) is 71.3 Å². The van der Waals surface area contributed by atoms with Gasteiger partial charge in [0.2, 0.25) is 11.8 Å². The summed E-state index contributed by atoms with van der Waals surface area (Å²) in [6.07, 6.45) is 2.09. The van der Waals surface area contributed by atoms with Gasteiger partial charge >= 0.3 is 0 Å². The highest BCUT2D eigenvalue weighted by Crippen LogP contribution is 2.26. The third-order valence-corrected chi connectivity index (χ3v) is 4.21. The predicted octanol–water partition coefficient (Wildman–Crippen LogP) is 4.33. The second-order valence-electron chi connectivity index (χ2n) is 6.69. The van der Waals surface area contributed by atoms with E-state index in [1.165, 1.54) is 0 Å². The molecule has 0 fully saturated rings. The van der Waals surface area contributed by atoms with Crippen LogP contribution in [0.5, 0.6) is 0 Å². The Bertz CT molecular complexity index is 823. The summed E-state index contributed by atoms with van der Waals surface area (Å²) in [5.41, 5.74) is 1.89. The van der Waals surface area contributed by atoms with E-state index in [1.807, 2.05) is 60.7 Å². The average molecular weight is 334 g/mol. The van der Waals surface area contributed by atoms with Crippen molar-refractivity contribution >= 4 is 5.91 Å². The number of carbonyl (C=O) groups excluding carboxylic acids is 1. The Morgan fingerprint density at radius 1 is 1.04 bits per heavy atom. The van der Waals surface area contributed by atoms with Crippen LogP contribution in [0.2, 0.25) is 0 Å². The summed E-state index contributed by atoms with van der Waals surface area (Å²) >= 11 is 0. The molecule has 25 heavy (non-hydrogen) atoms. The quantitative estimate of drug-likeness (QED) is 0.730. The van der Waals surface area contributed by atoms with Crippen LogP contribution in [-0.4, -0.2) is 10.9 Å². The molecule has 0 atom stereocenters. The zero-order valence-corrected chi connectivity index (χ0v) is 14.5. The fourth-order valence-corrected chi connectivity index (χ4v) is 2.76. The SMILES string of the molecule is CC(C)(CC(=O)NCc1ncc(-c2ccccc2)o1)c1ccccc1. The molecule has 0 unspecified atom stereocenters. The van der Waals surface area contributed by atoms with E-state index in [4.69, 9.17) is 4.42 Å². The summed E-state index contributed by atoms with van der Waals surface area (Å²) in [5.74, 6) is 1.19. The first-order chi connectivity index (χ1) is 12.0. The smallest absolute Gasteiger partial charge is 0.221 e. The second kappa shape index (κ2) is 7.34. The molecule has 4 nitrogen and oxygen atoms in total. The monoisotopic (exact) mass is 334 g/mol. The molecule has 0 aliphatic carbocycles. The summed E-state index contributed by atoms with van der Waals surface area (Å²) in [6, 6.07) is 19.8. The van der Waals surface area contributed by atoms with Crippen molar-refractivity contribution in [3.63, 3.8) is 0 Å². The summed E-state index contributed by atoms with van der Waals surface area (Å²) in [4.78, 5) is 16.5. The standard InChI is InChI=1S/C21H22N2O2/c1-21(2,17-11-7-4-8-12-17)13-19(24)22-15-20-23-14-18(25-20)16-9-5-3-6-10-16/h3-12,14H,13,15H2,1-2H3,(H,22,24). The second-order valence-corrected chi connectivity index (χ2v) is 6.69. The zero-order valence-electron chi connectivity index (χ0n) is 14.5. The van der Waals surface area contributed by atoms with Crippen LogP contribution in [-0.2, 0) is 16.8 Å². The zero-order chi connectivity index (χ0) is 17.7. The van der Waals surface area contributed by atoms with Gasteiger partial charge in [-0.3, -0.25) is 4.79 Å². The highest BCUT2D eigenvalue weighted by Gasteiger charge is 2.24. The van der Waals surface area contributed by atoms with E-state index < -0.39 is 0 Å². The van der Waals surface area contributed by atoms with Crippen molar-refractivity contribution in [2.75, 3.05) is 0 Å². The number of carbonyl (C=O) groups is 1. The lowest BCUT2D eigenvalue weighted by atomic mass is 9.81. The average Bonchev–Trinajstić information content (AvgIpc) is 3.10. The first kappa shape index (κ1) is 17.0. The van der Waals surface area contributed by atoms with E-state index >= 15 is 0 Å². The molecule has 1 aromatic heterocycles. The molecule has 0 bridgehead atoms. The summed E-state index contributed by atoms with van der Waals surface area (Å²) < 4.78 is 5.71. The third-order valence-electron chi connectivity index (χ3n) is 4.21. The molecule has 0 radical (unpaired) electrons. The van der Waals surface area contributed by atoms with Crippen molar-refractivity contribution in [3.05, 3.63) is 78.3 Å². The number of nitrogens with one attached hydrogen (secondary N) is 1. The molecule has 3 rings (SSSR count). The number of aromatic nitrogens is 1. The van der Waals surface area contributed by atoms with E-state index in [-0.39, 0.29) is 17.9 Å². The third kappa shape index (κ3) is 4.35. The maximum absolute atomic E-state index is 12.3. The van der Waals surface area contributed by atoms with Gasteiger partial charge in [-0.05, 0) is 11.0 Å². The predicted molar refractivity (Wildman–Crippen MR) is 97.9 cm³/mol. The lowest BCUT2D eigenvalue weighted by Crippen LogP contribution is -2.30. The van der Waals surface area contributed by atoms with E-state index in [1.54, 1.807) is 6.20 Å². The Morgan fingerprint density at radius 3 is 2.36 bits per heavy atom. The van der Waals surface area contributed by atoms with Crippen LogP contribution >= 0.6 is 0 Å². The topological polar surface area (TPSA) is 55.1 Å². The molecule has 1 N–H and O–H groups in total. The number of rotatable bonds is 6. The van der Waals surface area contributed by atoms with Crippen LogP contribution < -0.4 is 5.32 Å². The first-order valence-electron chi connectivity index (χ1n) is 8.37. The van der Waals surface area contributed by atoms with E-state index in [0.29, 0.717) is 18.1 Å². The molecule has 4 heteroatoms. The van der Waals surface area contributed by atoms with Gasteiger partial charge in [-0.15, -0.1) is 0 Å². The Hall–Kier alpha value is -2.88. The minimum absolute atomic E-state index is 0.0201. The van der Waals surface area contributed by atoms with Crippen molar-refractivity contribution in [1.29, 1.82) is 0 Å². The number of hydrogen-bond acceptors (Lipinski definition) is 3. The molecular formula is C21H22N2O2. The van der Waals surface area contributed by atoms with Crippen molar-refractivity contribution in [1.82, 2.24) is 10.3 Å². The van der Waals surface area contributed by atoms with Crippen LogP contribution in [0.3, 0.4) is 0 Å². The Labute approximate surface area is 147 Å². The molecular weight excluding hydrogens is 312 g/mol. The maximum atomic E-state index is 12.3. The highest BCUT2D eigenvalue weighted by molar-refractivity contribution is 5.77. The Balaban J connectivity index is 1.57. The van der Waals surface area contributed by atoms with Gasteiger partial charge in [0.1, 0.15) is 0 Å². The Kier molecular flexibility index (Phi) is 4.98. The van der Waals surface area contributed by atoms with Crippen LogP contribution in [0.4, 0.5) is 0 Å². The van der Waals surface area contributed by atoms with Crippen LogP contribution in [0.25, 0.3) is 11.3 Å². The minimum atomic E-state index is -0.225. The van der Waals surface area contributed by atoms with Crippen molar-refractivity contribution in [2.24, 2.45) is 0 Å². The lowest BCUT2D eigenvalue weighted by molar-refractivity contribution is -0.122. The molecule has 2 aromatic carbocycles. The van der Waals surface area contributed by atoms with Gasteiger partial charge in [0.05, 0.1) is 12.7 Å². The number of oxazole rings is 1. The number of benzene rings is 2. The van der Waals surface area contributed by atoms with Crippen molar-refractivity contribution in [2.45, 2.75) is 32.2 Å². The summed E-state index contributed by atoms with van der Waals surface area (Å²) in [7, 11) is 0. The molecule has 1 amide bonds. The molecule has 1 heterocycles. The largest absolute Gasteiger partial charge is 0.439 e. The van der Waals surface area contributed by atoms with Gasteiger partial charge in [-0.2, -0.15) is 0 Å². The molecule has 0 aliphatic rings. The molecule has 0 saturated carbocycles. The molecule has 0 saturated heterocycles. The maximum Gasteiger partial charge on any atom is 0.221 e. The fourth-order valence-electron chi connectivity index (χ4n) is 2.76. The number of nitrogens with zero attached hydrogens (tertiary/aromatic N) is 1. The summed E-state index contributed by atoms with van der Waals surface area (Å²) in [6.45, 7) is 4.43. The number of amides is 1. The molecule has 3 aromatic rings. The van der Waals surface area contributed by atoms with Crippen molar-refractivity contribution < 1.29 is 9.21 Å². The van der Waals surface area contributed by atoms with Gasteiger partial charge in [0, 0.05) is 12.0 Å². The van der Waals surface area contributed by atoms with E-state index in [2.05, 4.69) is 24.1 Å². The highest BCUT2D eigenvalue weighted by atomic mass is 16.4. The van der Waals surface area contributed by atoms with Gasteiger partial charge in [0.15, 0.2) is 5.76 Å². The first-order valence-corrected chi connectivity index (χ1v) is 8.37. The molecule has 0 aliphatic heterocycles. The minimum Gasteiger partial charge on any atom is -0.439 e. The summed E-state index contributed by atoms with van der Waals surface area (Å²) in [5, 5.41) is 2.89. The fraction of sp³-hybridized carbons (Fsp3) is 0.238. The Morgan fingerprint density at radius 2 is 1.68 bits per heavy atom. The van der Waals surface area contributed by atoms with E-state index in [9.17, 15) is 4.79 Å². The van der Waals surface area contributed by atoms with Gasteiger partial charge < -0.3 is 9.73 Å². The number of hydrogen-bond donors (Lipinski definition) is 1. The van der Waals surface area contributed by atoms with Gasteiger partial charge in [0.25, 0.3) is 0 Å². The van der Waals surface area contributed by atoms with Gasteiger partial charge in [-0.25, -0.2) is 4.98 Å².